The molecule has 0 spiro atoms. The summed E-state index contributed by atoms with van der Waals surface area (Å²) in [6, 6.07) is 0. The van der Waals surface area contributed by atoms with Crippen LogP contribution in [0.2, 0.25) is 0 Å². The number of carbonyl (C=O) groups is 1. The molecule has 1 aliphatic rings. The lowest BCUT2D eigenvalue weighted by Crippen LogP contribution is -2.29. The molecule has 0 atom stereocenters. The first kappa shape index (κ1) is 9.79. The predicted molar refractivity (Wildman–Crippen MR) is 45.5 cm³/mol. The molecule has 0 bridgehead atoms. The SMILES string of the molecule is O=C(CCl)N1CCNC1=C[N+](=O)[O-]. The Kier molecular flexibility index (Phi) is 3.07. The van der Waals surface area contributed by atoms with E-state index in [4.69, 9.17) is 11.6 Å². The van der Waals surface area contributed by atoms with Crippen molar-refractivity contribution in [3.8, 4) is 0 Å². The van der Waals surface area contributed by atoms with Crippen molar-refractivity contribution < 1.29 is 9.72 Å². The Labute approximate surface area is 79.3 Å². The molecule has 1 heterocycles. The van der Waals surface area contributed by atoms with Gasteiger partial charge in [0.2, 0.25) is 5.91 Å². The standard InChI is InChI=1S/C6H8ClN3O3/c7-3-6(11)9-2-1-8-5(9)4-10(12)13/h4,8H,1-3H2. The first-order valence-corrected chi connectivity index (χ1v) is 4.14. The molecule has 6 nitrogen and oxygen atoms in total. The number of hydrogen-bond donors (Lipinski definition) is 1. The van der Waals surface area contributed by atoms with Crippen LogP contribution in [-0.4, -0.2) is 34.7 Å². The van der Waals surface area contributed by atoms with Gasteiger partial charge in [0.1, 0.15) is 5.88 Å². The highest BCUT2D eigenvalue weighted by Gasteiger charge is 2.24. The summed E-state index contributed by atoms with van der Waals surface area (Å²) in [7, 11) is 0. The average molecular weight is 206 g/mol. The van der Waals surface area contributed by atoms with Gasteiger partial charge in [0.05, 0.1) is 4.92 Å². The van der Waals surface area contributed by atoms with E-state index in [1.807, 2.05) is 0 Å². The van der Waals surface area contributed by atoms with E-state index >= 15 is 0 Å². The first-order valence-electron chi connectivity index (χ1n) is 3.60. The molecule has 0 aromatic heterocycles. The molecule has 13 heavy (non-hydrogen) atoms. The minimum Gasteiger partial charge on any atom is -0.364 e. The highest BCUT2D eigenvalue weighted by molar-refractivity contribution is 6.27. The molecule has 0 unspecified atom stereocenters. The Hall–Kier alpha value is -1.30. The van der Waals surface area contributed by atoms with Crippen molar-refractivity contribution in [3.05, 3.63) is 22.1 Å². The maximum Gasteiger partial charge on any atom is 0.274 e. The predicted octanol–water partition coefficient (Wildman–Crippen LogP) is -0.267. The highest BCUT2D eigenvalue weighted by Crippen LogP contribution is 2.07. The molecule has 1 amide bonds. The molecule has 1 saturated heterocycles. The minimum atomic E-state index is -0.609. The third-order valence-electron chi connectivity index (χ3n) is 1.58. The number of nitrogens with one attached hydrogen (secondary N) is 1. The highest BCUT2D eigenvalue weighted by atomic mass is 35.5. The van der Waals surface area contributed by atoms with Crippen molar-refractivity contribution in [2.75, 3.05) is 19.0 Å². The molecular weight excluding hydrogens is 198 g/mol. The molecule has 0 aromatic carbocycles. The van der Waals surface area contributed by atoms with Gasteiger partial charge in [0.25, 0.3) is 6.20 Å². The average Bonchev–Trinajstić information content (AvgIpc) is 2.50. The van der Waals surface area contributed by atoms with Crippen molar-refractivity contribution in [1.29, 1.82) is 0 Å². The fourth-order valence-corrected chi connectivity index (χ4v) is 1.20. The van der Waals surface area contributed by atoms with E-state index in [0.717, 1.165) is 6.20 Å². The zero-order chi connectivity index (χ0) is 9.84. The van der Waals surface area contributed by atoms with E-state index in [2.05, 4.69) is 5.32 Å². The second kappa shape index (κ2) is 4.08. The van der Waals surface area contributed by atoms with Gasteiger partial charge in [0.15, 0.2) is 5.82 Å². The monoisotopic (exact) mass is 205 g/mol. The van der Waals surface area contributed by atoms with Gasteiger partial charge in [-0.05, 0) is 0 Å². The van der Waals surface area contributed by atoms with Crippen LogP contribution < -0.4 is 5.32 Å². The van der Waals surface area contributed by atoms with Gasteiger partial charge in [0, 0.05) is 13.1 Å². The van der Waals surface area contributed by atoms with Crippen LogP contribution in [0.5, 0.6) is 0 Å². The molecule has 1 N–H and O–H groups in total. The van der Waals surface area contributed by atoms with Crippen molar-refractivity contribution in [2.24, 2.45) is 0 Å². The molecule has 0 aliphatic carbocycles. The number of rotatable bonds is 2. The Balaban J connectivity index is 2.75. The molecule has 1 aliphatic heterocycles. The van der Waals surface area contributed by atoms with Crippen molar-refractivity contribution in [2.45, 2.75) is 0 Å². The lowest BCUT2D eigenvalue weighted by molar-refractivity contribution is -0.404. The number of alkyl halides is 1. The lowest BCUT2D eigenvalue weighted by atomic mass is 10.5. The number of hydrogen-bond acceptors (Lipinski definition) is 4. The van der Waals surface area contributed by atoms with Crippen LogP contribution in [0.4, 0.5) is 0 Å². The van der Waals surface area contributed by atoms with Crippen LogP contribution in [0.25, 0.3) is 0 Å². The Morgan fingerprint density at radius 3 is 3.08 bits per heavy atom. The number of nitrogens with zero attached hydrogens (tertiary/aromatic N) is 2. The van der Waals surface area contributed by atoms with E-state index in [1.165, 1.54) is 4.90 Å². The van der Waals surface area contributed by atoms with Crippen LogP contribution in [0.3, 0.4) is 0 Å². The largest absolute Gasteiger partial charge is 0.364 e. The molecule has 0 aromatic rings. The summed E-state index contributed by atoms with van der Waals surface area (Å²) in [4.78, 5) is 21.9. The lowest BCUT2D eigenvalue weighted by Gasteiger charge is -2.12. The van der Waals surface area contributed by atoms with Gasteiger partial charge in [-0.2, -0.15) is 0 Å². The van der Waals surface area contributed by atoms with Crippen molar-refractivity contribution in [1.82, 2.24) is 10.2 Å². The van der Waals surface area contributed by atoms with Gasteiger partial charge in [-0.15, -0.1) is 11.6 Å². The van der Waals surface area contributed by atoms with Gasteiger partial charge in [-0.25, -0.2) is 0 Å². The minimum absolute atomic E-state index is 0.170. The fourth-order valence-electron chi connectivity index (χ4n) is 1.06. The summed E-state index contributed by atoms with van der Waals surface area (Å²) in [5.41, 5.74) is 0. The summed E-state index contributed by atoms with van der Waals surface area (Å²) in [5, 5.41) is 12.8. The van der Waals surface area contributed by atoms with E-state index in [1.54, 1.807) is 0 Å². The third-order valence-corrected chi connectivity index (χ3v) is 1.80. The zero-order valence-corrected chi connectivity index (χ0v) is 7.45. The number of amides is 1. The second-order valence-electron chi connectivity index (χ2n) is 2.41. The maximum atomic E-state index is 11.1. The maximum absolute atomic E-state index is 11.1. The van der Waals surface area contributed by atoms with Crippen LogP contribution in [-0.2, 0) is 4.79 Å². The normalized spacial score (nSPS) is 18.8. The van der Waals surface area contributed by atoms with Crippen molar-refractivity contribution >= 4 is 17.5 Å². The quantitative estimate of drug-likeness (QED) is 0.383. The summed E-state index contributed by atoms with van der Waals surface area (Å²) in [5.74, 6) is -0.299. The molecule has 0 saturated carbocycles. The number of nitro groups is 1. The molecular formula is C6H8ClN3O3. The van der Waals surface area contributed by atoms with E-state index in [9.17, 15) is 14.9 Å². The third kappa shape index (κ3) is 2.32. The summed E-state index contributed by atoms with van der Waals surface area (Å²) >= 11 is 5.32. The Morgan fingerprint density at radius 2 is 2.54 bits per heavy atom. The summed E-state index contributed by atoms with van der Waals surface area (Å²) < 4.78 is 0. The van der Waals surface area contributed by atoms with Crippen molar-refractivity contribution in [3.63, 3.8) is 0 Å². The van der Waals surface area contributed by atoms with Gasteiger partial charge in [-0.3, -0.25) is 19.8 Å². The van der Waals surface area contributed by atoms with E-state index in [0.29, 0.717) is 13.1 Å². The summed E-state index contributed by atoms with van der Waals surface area (Å²) in [6.07, 6.45) is 0.761. The van der Waals surface area contributed by atoms with E-state index < -0.39 is 4.92 Å². The van der Waals surface area contributed by atoms with Crippen LogP contribution in [0.1, 0.15) is 0 Å². The topological polar surface area (TPSA) is 75.5 Å². The molecule has 1 fully saturated rings. The smallest absolute Gasteiger partial charge is 0.274 e. The molecule has 72 valence electrons. The first-order chi connectivity index (χ1) is 6.15. The Morgan fingerprint density at radius 1 is 1.85 bits per heavy atom. The zero-order valence-electron chi connectivity index (χ0n) is 6.70. The van der Waals surface area contributed by atoms with Gasteiger partial charge in [-0.1, -0.05) is 0 Å². The second-order valence-corrected chi connectivity index (χ2v) is 2.67. The molecule has 0 radical (unpaired) electrons. The van der Waals surface area contributed by atoms with Gasteiger partial charge < -0.3 is 5.32 Å². The fraction of sp³-hybridized carbons (Fsp3) is 0.500. The number of carbonyl (C=O) groups excluding carboxylic acids is 1. The van der Waals surface area contributed by atoms with Gasteiger partial charge >= 0.3 is 0 Å². The Bertz CT molecular complexity index is 266. The van der Waals surface area contributed by atoms with E-state index in [-0.39, 0.29) is 17.6 Å². The van der Waals surface area contributed by atoms with Crippen LogP contribution >= 0.6 is 11.6 Å². The summed E-state index contributed by atoms with van der Waals surface area (Å²) in [6.45, 7) is 0.938. The molecule has 1 rings (SSSR count). The van der Waals surface area contributed by atoms with Crippen LogP contribution in [0.15, 0.2) is 12.0 Å². The van der Waals surface area contributed by atoms with Crippen LogP contribution in [0, 0.1) is 10.1 Å². The molecule has 7 heteroatoms. The number of halogens is 1.